The number of para-hydroxylation sites is 2. The molecule has 0 unspecified atom stereocenters. The number of hydrogen-bond acceptors (Lipinski definition) is 4. The Bertz CT molecular complexity index is 1170. The van der Waals surface area contributed by atoms with Crippen LogP contribution in [-0.4, -0.2) is 23.6 Å². The van der Waals surface area contributed by atoms with E-state index >= 15 is 0 Å². The number of anilines is 1. The predicted octanol–water partition coefficient (Wildman–Crippen LogP) is 6.50. The summed E-state index contributed by atoms with van der Waals surface area (Å²) >= 11 is 0. The van der Waals surface area contributed by atoms with Gasteiger partial charge in [0.25, 0.3) is 5.91 Å². The molecule has 0 aliphatic rings. The third-order valence-corrected chi connectivity index (χ3v) is 5.95. The third kappa shape index (κ3) is 7.09. The van der Waals surface area contributed by atoms with Gasteiger partial charge in [-0.3, -0.25) is 9.59 Å². The van der Waals surface area contributed by atoms with Crippen molar-refractivity contribution in [3.05, 3.63) is 88.5 Å². The fourth-order valence-electron chi connectivity index (χ4n) is 3.65. The SMILES string of the molecule is Cc1c(OCc2ccc(C(C)C)cc2)ccc(C(=O)Nc2ccccc2OCCCC(=O)O)c1C. The summed E-state index contributed by atoms with van der Waals surface area (Å²) in [6.07, 6.45) is 0.421. The van der Waals surface area contributed by atoms with Crippen LogP contribution in [0.15, 0.2) is 60.7 Å². The smallest absolute Gasteiger partial charge is 0.303 e. The largest absolute Gasteiger partial charge is 0.491 e. The number of carboxylic acid groups (broad SMARTS) is 1. The van der Waals surface area contributed by atoms with Gasteiger partial charge >= 0.3 is 5.97 Å². The lowest BCUT2D eigenvalue weighted by atomic mass is 10.0. The van der Waals surface area contributed by atoms with Crippen LogP contribution in [0.5, 0.6) is 11.5 Å². The first-order valence-electron chi connectivity index (χ1n) is 11.8. The van der Waals surface area contributed by atoms with Crippen molar-refractivity contribution in [1.29, 1.82) is 0 Å². The van der Waals surface area contributed by atoms with Crippen molar-refractivity contribution in [1.82, 2.24) is 0 Å². The van der Waals surface area contributed by atoms with Crippen molar-refractivity contribution in [2.24, 2.45) is 0 Å². The molecule has 0 bridgehead atoms. The lowest BCUT2D eigenvalue weighted by Crippen LogP contribution is -2.15. The molecule has 35 heavy (non-hydrogen) atoms. The molecule has 0 fully saturated rings. The Labute approximate surface area is 206 Å². The van der Waals surface area contributed by atoms with Gasteiger partial charge in [-0.25, -0.2) is 0 Å². The van der Waals surface area contributed by atoms with Crippen LogP contribution in [-0.2, 0) is 11.4 Å². The summed E-state index contributed by atoms with van der Waals surface area (Å²) in [7, 11) is 0. The van der Waals surface area contributed by atoms with Gasteiger partial charge in [-0.2, -0.15) is 0 Å². The van der Waals surface area contributed by atoms with Crippen LogP contribution >= 0.6 is 0 Å². The quantitative estimate of drug-likeness (QED) is 0.309. The van der Waals surface area contributed by atoms with E-state index in [0.29, 0.717) is 35.9 Å². The topological polar surface area (TPSA) is 84.9 Å². The van der Waals surface area contributed by atoms with Crippen molar-refractivity contribution < 1.29 is 24.2 Å². The summed E-state index contributed by atoms with van der Waals surface area (Å²) in [4.78, 5) is 23.7. The van der Waals surface area contributed by atoms with Crippen LogP contribution in [0, 0.1) is 13.8 Å². The first kappa shape index (κ1) is 25.8. The molecule has 1 amide bonds. The van der Waals surface area contributed by atoms with E-state index in [0.717, 1.165) is 22.4 Å². The summed E-state index contributed by atoms with van der Waals surface area (Å²) in [5.74, 6) is 0.628. The molecule has 3 aromatic carbocycles. The molecule has 0 radical (unpaired) electrons. The zero-order valence-electron chi connectivity index (χ0n) is 20.8. The second kappa shape index (κ2) is 12.1. The van der Waals surface area contributed by atoms with Crippen LogP contribution in [0.25, 0.3) is 0 Å². The molecule has 0 spiro atoms. The zero-order valence-corrected chi connectivity index (χ0v) is 20.8. The van der Waals surface area contributed by atoms with E-state index in [2.05, 4.69) is 43.4 Å². The second-order valence-electron chi connectivity index (χ2n) is 8.84. The number of aliphatic carboxylic acids is 1. The number of hydrogen-bond donors (Lipinski definition) is 2. The zero-order chi connectivity index (χ0) is 25.4. The van der Waals surface area contributed by atoms with Crippen molar-refractivity contribution >= 4 is 17.6 Å². The van der Waals surface area contributed by atoms with E-state index in [9.17, 15) is 9.59 Å². The van der Waals surface area contributed by atoms with Gasteiger partial charge in [0, 0.05) is 12.0 Å². The van der Waals surface area contributed by atoms with E-state index in [1.807, 2.05) is 26.0 Å². The molecule has 3 rings (SSSR count). The number of carbonyl (C=O) groups excluding carboxylic acids is 1. The summed E-state index contributed by atoms with van der Waals surface area (Å²) in [5.41, 5.74) is 5.23. The minimum Gasteiger partial charge on any atom is -0.491 e. The van der Waals surface area contributed by atoms with E-state index in [1.54, 1.807) is 24.3 Å². The van der Waals surface area contributed by atoms with Crippen LogP contribution in [0.2, 0.25) is 0 Å². The van der Waals surface area contributed by atoms with E-state index in [1.165, 1.54) is 5.56 Å². The molecule has 6 nitrogen and oxygen atoms in total. The molecule has 0 saturated heterocycles. The maximum absolute atomic E-state index is 13.1. The Morgan fingerprint density at radius 1 is 0.886 bits per heavy atom. The average molecular weight is 476 g/mol. The molecule has 3 aromatic rings. The Hall–Kier alpha value is -3.80. The number of ether oxygens (including phenoxy) is 2. The highest BCUT2D eigenvalue weighted by Crippen LogP contribution is 2.28. The van der Waals surface area contributed by atoms with Crippen molar-refractivity contribution in [2.75, 3.05) is 11.9 Å². The first-order valence-corrected chi connectivity index (χ1v) is 11.8. The van der Waals surface area contributed by atoms with Gasteiger partial charge in [-0.05, 0) is 72.7 Å². The van der Waals surface area contributed by atoms with E-state index in [-0.39, 0.29) is 18.9 Å². The minimum atomic E-state index is -0.863. The molecule has 6 heteroatoms. The summed E-state index contributed by atoms with van der Waals surface area (Å²) < 4.78 is 11.7. The van der Waals surface area contributed by atoms with Crippen LogP contribution < -0.4 is 14.8 Å². The molecular formula is C29H33NO5. The molecule has 0 aromatic heterocycles. The van der Waals surface area contributed by atoms with Gasteiger partial charge in [0.15, 0.2) is 0 Å². The van der Waals surface area contributed by atoms with Gasteiger partial charge in [0.2, 0.25) is 0 Å². The van der Waals surface area contributed by atoms with Crippen molar-refractivity contribution in [3.63, 3.8) is 0 Å². The molecule has 0 saturated carbocycles. The molecule has 0 heterocycles. The monoisotopic (exact) mass is 475 g/mol. The Morgan fingerprint density at radius 2 is 1.60 bits per heavy atom. The summed E-state index contributed by atoms with van der Waals surface area (Å²) in [6, 6.07) is 19.1. The van der Waals surface area contributed by atoms with Crippen molar-refractivity contribution in [3.8, 4) is 11.5 Å². The highest BCUT2D eigenvalue weighted by Gasteiger charge is 2.16. The number of amides is 1. The molecular weight excluding hydrogens is 442 g/mol. The van der Waals surface area contributed by atoms with Gasteiger partial charge in [-0.15, -0.1) is 0 Å². The number of carbonyl (C=O) groups is 2. The van der Waals surface area contributed by atoms with Gasteiger partial charge in [0.1, 0.15) is 18.1 Å². The lowest BCUT2D eigenvalue weighted by molar-refractivity contribution is -0.137. The predicted molar refractivity (Wildman–Crippen MR) is 138 cm³/mol. The minimum absolute atomic E-state index is 0.0324. The molecule has 2 N–H and O–H groups in total. The lowest BCUT2D eigenvalue weighted by Gasteiger charge is -2.16. The number of nitrogens with one attached hydrogen (secondary N) is 1. The Balaban J connectivity index is 1.66. The first-order chi connectivity index (χ1) is 16.8. The van der Waals surface area contributed by atoms with Crippen LogP contribution in [0.1, 0.15) is 65.2 Å². The fourth-order valence-corrected chi connectivity index (χ4v) is 3.65. The Kier molecular flexibility index (Phi) is 8.90. The summed E-state index contributed by atoms with van der Waals surface area (Å²) in [5, 5.41) is 11.7. The van der Waals surface area contributed by atoms with Crippen molar-refractivity contribution in [2.45, 2.75) is 53.1 Å². The Morgan fingerprint density at radius 3 is 2.29 bits per heavy atom. The second-order valence-corrected chi connectivity index (χ2v) is 8.84. The summed E-state index contributed by atoms with van der Waals surface area (Å²) in [6.45, 7) is 8.90. The molecule has 0 atom stereocenters. The number of benzene rings is 3. The molecule has 0 aliphatic carbocycles. The highest BCUT2D eigenvalue weighted by molar-refractivity contribution is 6.06. The van der Waals surface area contributed by atoms with E-state index < -0.39 is 5.97 Å². The molecule has 184 valence electrons. The standard InChI is InChI=1S/C29H33NO5/c1-19(2)23-13-11-22(12-14-23)18-35-26-16-15-24(20(3)21(26)4)29(33)30-25-8-5-6-9-27(25)34-17-7-10-28(31)32/h5-6,8-9,11-16,19H,7,10,17-18H2,1-4H3,(H,30,33)(H,31,32). The normalized spacial score (nSPS) is 10.8. The number of carboxylic acids is 1. The van der Waals surface area contributed by atoms with E-state index in [4.69, 9.17) is 14.6 Å². The number of rotatable bonds is 11. The van der Waals surface area contributed by atoms with Gasteiger partial charge < -0.3 is 19.9 Å². The van der Waals surface area contributed by atoms with Crippen LogP contribution in [0.4, 0.5) is 5.69 Å². The van der Waals surface area contributed by atoms with Crippen LogP contribution in [0.3, 0.4) is 0 Å². The fraction of sp³-hybridized carbons (Fsp3) is 0.310. The maximum Gasteiger partial charge on any atom is 0.303 e. The molecule has 0 aliphatic heterocycles. The highest BCUT2D eigenvalue weighted by atomic mass is 16.5. The van der Waals surface area contributed by atoms with Gasteiger partial charge in [-0.1, -0.05) is 50.2 Å². The maximum atomic E-state index is 13.1. The average Bonchev–Trinajstić information content (AvgIpc) is 2.83. The third-order valence-electron chi connectivity index (χ3n) is 5.95. The van der Waals surface area contributed by atoms with Gasteiger partial charge in [0.05, 0.1) is 12.3 Å².